The lowest BCUT2D eigenvalue weighted by atomic mass is 10.2. The molecule has 0 amide bonds. The summed E-state index contributed by atoms with van der Waals surface area (Å²) in [5.74, 6) is 0.632. The van der Waals surface area contributed by atoms with Crippen molar-refractivity contribution >= 4 is 11.6 Å². The summed E-state index contributed by atoms with van der Waals surface area (Å²) in [6.45, 7) is 3.99. The molecule has 2 aromatic rings. The number of aryl methyl sites for hydroxylation is 1. The minimum atomic E-state index is 0.536. The van der Waals surface area contributed by atoms with Crippen LogP contribution in [0.25, 0.3) is 11.4 Å². The average Bonchev–Trinajstić information content (AvgIpc) is 2.30. The van der Waals surface area contributed by atoms with Gasteiger partial charge in [-0.3, -0.25) is 4.98 Å². The van der Waals surface area contributed by atoms with Crippen molar-refractivity contribution < 1.29 is 0 Å². The smallest absolute Gasteiger partial charge is 0.162 e. The molecule has 2 aromatic heterocycles. The monoisotopic (exact) mass is 233 g/mol. The lowest BCUT2D eigenvalue weighted by Gasteiger charge is -2.07. The van der Waals surface area contributed by atoms with Crippen LogP contribution in [0.2, 0.25) is 5.15 Å². The molecular weight excluding hydrogens is 222 g/mol. The Labute approximate surface area is 99.5 Å². The number of halogens is 1. The van der Waals surface area contributed by atoms with Crippen molar-refractivity contribution in [2.45, 2.75) is 20.3 Å². The highest BCUT2D eigenvalue weighted by molar-refractivity contribution is 6.30. The fraction of sp³-hybridized carbons (Fsp3) is 0.250. The zero-order valence-corrected chi connectivity index (χ0v) is 9.99. The van der Waals surface area contributed by atoms with E-state index in [4.69, 9.17) is 11.6 Å². The third-order valence-electron chi connectivity index (χ3n) is 2.44. The topological polar surface area (TPSA) is 38.7 Å². The Morgan fingerprint density at radius 1 is 1.31 bits per heavy atom. The maximum Gasteiger partial charge on any atom is 0.162 e. The van der Waals surface area contributed by atoms with Crippen molar-refractivity contribution in [3.05, 3.63) is 40.9 Å². The predicted molar refractivity (Wildman–Crippen MR) is 64.4 cm³/mol. The molecule has 82 valence electrons. The molecule has 0 aliphatic rings. The van der Waals surface area contributed by atoms with Crippen LogP contribution in [-0.4, -0.2) is 15.0 Å². The molecule has 0 aliphatic carbocycles. The van der Waals surface area contributed by atoms with E-state index in [0.29, 0.717) is 11.0 Å². The molecule has 2 heterocycles. The Kier molecular flexibility index (Phi) is 3.15. The van der Waals surface area contributed by atoms with Crippen molar-refractivity contribution in [3.63, 3.8) is 0 Å². The van der Waals surface area contributed by atoms with Crippen LogP contribution in [0.3, 0.4) is 0 Å². The van der Waals surface area contributed by atoms with E-state index in [1.807, 2.05) is 26.0 Å². The van der Waals surface area contributed by atoms with Gasteiger partial charge in [0.15, 0.2) is 5.82 Å². The number of hydrogen-bond donors (Lipinski definition) is 0. The van der Waals surface area contributed by atoms with Gasteiger partial charge in [-0.15, -0.1) is 0 Å². The van der Waals surface area contributed by atoms with Crippen LogP contribution in [0.4, 0.5) is 0 Å². The first-order valence-electron chi connectivity index (χ1n) is 5.15. The van der Waals surface area contributed by atoms with Crippen molar-refractivity contribution in [1.29, 1.82) is 0 Å². The molecule has 0 saturated heterocycles. The largest absolute Gasteiger partial charge is 0.264 e. The third kappa shape index (κ3) is 2.04. The Morgan fingerprint density at radius 2 is 2.12 bits per heavy atom. The summed E-state index contributed by atoms with van der Waals surface area (Å²) in [5.41, 5.74) is 2.82. The van der Waals surface area contributed by atoms with E-state index in [9.17, 15) is 0 Å². The van der Waals surface area contributed by atoms with Crippen LogP contribution >= 0.6 is 11.6 Å². The maximum atomic E-state index is 6.11. The summed E-state index contributed by atoms with van der Waals surface area (Å²) in [5, 5.41) is 0.536. The second-order valence-corrected chi connectivity index (χ2v) is 3.86. The van der Waals surface area contributed by atoms with Gasteiger partial charge in [0.05, 0.1) is 0 Å². The molecule has 16 heavy (non-hydrogen) atoms. The molecule has 0 fully saturated rings. The summed E-state index contributed by atoms with van der Waals surface area (Å²) in [6, 6.07) is 3.78. The van der Waals surface area contributed by atoms with Gasteiger partial charge in [0.2, 0.25) is 0 Å². The quantitative estimate of drug-likeness (QED) is 0.749. The van der Waals surface area contributed by atoms with Crippen LogP contribution in [0.15, 0.2) is 24.5 Å². The second kappa shape index (κ2) is 4.58. The van der Waals surface area contributed by atoms with Gasteiger partial charge in [-0.2, -0.15) is 0 Å². The summed E-state index contributed by atoms with van der Waals surface area (Å²) in [7, 11) is 0. The standard InChI is InChI=1S/C12H12ClN3/c1-3-10-8(2)15-12(16-11(10)13)9-5-4-6-14-7-9/h4-7H,3H2,1-2H3. The molecule has 0 spiro atoms. The summed E-state index contributed by atoms with van der Waals surface area (Å²) in [6.07, 6.45) is 4.30. The molecule has 4 heteroatoms. The van der Waals surface area contributed by atoms with E-state index in [0.717, 1.165) is 23.2 Å². The van der Waals surface area contributed by atoms with Gasteiger partial charge in [-0.05, 0) is 25.5 Å². The Balaban J connectivity index is 2.53. The van der Waals surface area contributed by atoms with E-state index in [2.05, 4.69) is 15.0 Å². The highest BCUT2D eigenvalue weighted by atomic mass is 35.5. The minimum Gasteiger partial charge on any atom is -0.264 e. The van der Waals surface area contributed by atoms with Gasteiger partial charge in [-0.25, -0.2) is 9.97 Å². The molecule has 2 rings (SSSR count). The predicted octanol–water partition coefficient (Wildman–Crippen LogP) is 3.06. The molecule has 0 bridgehead atoms. The Morgan fingerprint density at radius 3 is 2.69 bits per heavy atom. The molecule has 0 unspecified atom stereocenters. The first-order chi connectivity index (χ1) is 7.72. The van der Waals surface area contributed by atoms with Crippen LogP contribution < -0.4 is 0 Å². The normalized spacial score (nSPS) is 10.4. The number of rotatable bonds is 2. The van der Waals surface area contributed by atoms with Crippen molar-refractivity contribution in [2.75, 3.05) is 0 Å². The number of aromatic nitrogens is 3. The number of nitrogens with zero attached hydrogens (tertiary/aromatic N) is 3. The van der Waals surface area contributed by atoms with Gasteiger partial charge >= 0.3 is 0 Å². The van der Waals surface area contributed by atoms with Crippen molar-refractivity contribution in [1.82, 2.24) is 15.0 Å². The maximum absolute atomic E-state index is 6.11. The minimum absolute atomic E-state index is 0.536. The number of pyridine rings is 1. The molecule has 0 N–H and O–H groups in total. The Bertz CT molecular complexity index is 474. The SMILES string of the molecule is CCc1c(C)nc(-c2cccnc2)nc1Cl. The fourth-order valence-electron chi connectivity index (χ4n) is 1.59. The fourth-order valence-corrected chi connectivity index (χ4v) is 1.94. The first kappa shape index (κ1) is 11.0. The molecular formula is C12H12ClN3. The van der Waals surface area contributed by atoms with Crippen LogP contribution in [0, 0.1) is 6.92 Å². The molecule has 0 aliphatic heterocycles. The van der Waals surface area contributed by atoms with Crippen molar-refractivity contribution in [2.24, 2.45) is 0 Å². The summed E-state index contributed by atoms with van der Waals surface area (Å²) < 4.78 is 0. The molecule has 0 saturated carbocycles. The summed E-state index contributed by atoms with van der Waals surface area (Å²) >= 11 is 6.11. The van der Waals surface area contributed by atoms with Gasteiger partial charge in [-0.1, -0.05) is 18.5 Å². The van der Waals surface area contributed by atoms with Crippen LogP contribution in [-0.2, 0) is 6.42 Å². The van der Waals surface area contributed by atoms with E-state index in [-0.39, 0.29) is 0 Å². The lowest BCUT2D eigenvalue weighted by Crippen LogP contribution is -1.99. The average molecular weight is 234 g/mol. The molecule has 0 atom stereocenters. The molecule has 3 nitrogen and oxygen atoms in total. The lowest BCUT2D eigenvalue weighted by molar-refractivity contribution is 1.00. The third-order valence-corrected chi connectivity index (χ3v) is 2.75. The second-order valence-electron chi connectivity index (χ2n) is 3.50. The Hall–Kier alpha value is -1.48. The van der Waals surface area contributed by atoms with Crippen molar-refractivity contribution in [3.8, 4) is 11.4 Å². The van der Waals surface area contributed by atoms with Gasteiger partial charge in [0, 0.05) is 29.2 Å². The number of hydrogen-bond acceptors (Lipinski definition) is 3. The van der Waals surface area contributed by atoms with Gasteiger partial charge in [0.25, 0.3) is 0 Å². The van der Waals surface area contributed by atoms with Gasteiger partial charge < -0.3 is 0 Å². The molecule has 0 aromatic carbocycles. The van der Waals surface area contributed by atoms with E-state index in [1.165, 1.54) is 0 Å². The van der Waals surface area contributed by atoms with E-state index in [1.54, 1.807) is 12.4 Å². The van der Waals surface area contributed by atoms with Crippen LogP contribution in [0.5, 0.6) is 0 Å². The zero-order valence-electron chi connectivity index (χ0n) is 9.24. The highest BCUT2D eigenvalue weighted by Gasteiger charge is 2.09. The van der Waals surface area contributed by atoms with Gasteiger partial charge in [0.1, 0.15) is 5.15 Å². The molecule has 0 radical (unpaired) electrons. The van der Waals surface area contributed by atoms with E-state index >= 15 is 0 Å². The summed E-state index contributed by atoms with van der Waals surface area (Å²) in [4.78, 5) is 12.8. The first-order valence-corrected chi connectivity index (χ1v) is 5.53. The highest BCUT2D eigenvalue weighted by Crippen LogP contribution is 2.21. The van der Waals surface area contributed by atoms with E-state index < -0.39 is 0 Å². The van der Waals surface area contributed by atoms with Crippen LogP contribution in [0.1, 0.15) is 18.2 Å². The zero-order chi connectivity index (χ0) is 11.5.